The number of carbonyl (C=O) groups is 1. The molecule has 0 aliphatic rings. The van der Waals surface area contributed by atoms with E-state index < -0.39 is 0 Å². The van der Waals surface area contributed by atoms with E-state index in [0.717, 1.165) is 0 Å². The summed E-state index contributed by atoms with van der Waals surface area (Å²) in [6, 6.07) is 10.4. The molecule has 1 aromatic heterocycles. The second-order valence-electron chi connectivity index (χ2n) is 3.54. The van der Waals surface area contributed by atoms with E-state index >= 15 is 0 Å². The molecular weight excluding hydrogens is 240 g/mol. The third kappa shape index (κ3) is 3.64. The molecule has 0 aliphatic carbocycles. The zero-order chi connectivity index (χ0) is 12.1. The molecule has 0 saturated heterocycles. The standard InChI is InChI=1S/C13H11ClO3/c14-10-3-5-12(6-4-10)17-9-11(15)8-13-2-1-7-16-13/h1-7H,8-9H2. The van der Waals surface area contributed by atoms with Crippen molar-refractivity contribution in [1.82, 2.24) is 0 Å². The molecule has 0 spiro atoms. The Labute approximate surface area is 104 Å². The van der Waals surface area contributed by atoms with Crippen LogP contribution in [0.1, 0.15) is 5.76 Å². The maximum absolute atomic E-state index is 11.5. The van der Waals surface area contributed by atoms with Crippen molar-refractivity contribution in [2.24, 2.45) is 0 Å². The fourth-order valence-electron chi connectivity index (χ4n) is 1.35. The van der Waals surface area contributed by atoms with Crippen molar-refractivity contribution in [2.45, 2.75) is 6.42 Å². The lowest BCUT2D eigenvalue weighted by Gasteiger charge is -2.04. The number of carbonyl (C=O) groups excluding carboxylic acids is 1. The van der Waals surface area contributed by atoms with Gasteiger partial charge in [-0.25, -0.2) is 0 Å². The van der Waals surface area contributed by atoms with E-state index in [1.54, 1.807) is 42.7 Å². The van der Waals surface area contributed by atoms with Gasteiger partial charge >= 0.3 is 0 Å². The second kappa shape index (κ2) is 5.55. The van der Waals surface area contributed by atoms with Crippen molar-refractivity contribution in [3.8, 4) is 5.75 Å². The molecule has 2 aromatic rings. The van der Waals surface area contributed by atoms with Gasteiger partial charge in [0.05, 0.1) is 12.7 Å². The third-order valence-corrected chi connectivity index (χ3v) is 2.42. The maximum Gasteiger partial charge on any atom is 0.177 e. The first-order valence-electron chi connectivity index (χ1n) is 5.16. The summed E-state index contributed by atoms with van der Waals surface area (Å²) in [4.78, 5) is 11.5. The SMILES string of the molecule is O=C(COc1ccc(Cl)cc1)Cc1ccco1. The fourth-order valence-corrected chi connectivity index (χ4v) is 1.48. The summed E-state index contributed by atoms with van der Waals surface area (Å²) in [6.07, 6.45) is 1.79. The van der Waals surface area contributed by atoms with Gasteiger partial charge in [0.25, 0.3) is 0 Å². The number of Topliss-reactive ketones (excluding diaryl/α,β-unsaturated/α-hetero) is 1. The second-order valence-corrected chi connectivity index (χ2v) is 3.97. The molecule has 0 aliphatic heterocycles. The van der Waals surface area contributed by atoms with Crippen molar-refractivity contribution in [2.75, 3.05) is 6.61 Å². The van der Waals surface area contributed by atoms with E-state index in [1.807, 2.05) is 0 Å². The molecular formula is C13H11ClO3. The molecule has 0 fully saturated rings. The van der Waals surface area contributed by atoms with Gasteiger partial charge in [0, 0.05) is 5.02 Å². The Kier molecular flexibility index (Phi) is 3.83. The highest BCUT2D eigenvalue weighted by molar-refractivity contribution is 6.30. The van der Waals surface area contributed by atoms with Crippen LogP contribution in [-0.4, -0.2) is 12.4 Å². The summed E-state index contributed by atoms with van der Waals surface area (Å²) in [5, 5.41) is 0.638. The largest absolute Gasteiger partial charge is 0.486 e. The Morgan fingerprint density at radius 2 is 2.00 bits per heavy atom. The predicted octanol–water partition coefficient (Wildman–Crippen LogP) is 3.12. The van der Waals surface area contributed by atoms with E-state index in [1.165, 1.54) is 0 Å². The van der Waals surface area contributed by atoms with E-state index in [-0.39, 0.29) is 18.8 Å². The quantitative estimate of drug-likeness (QED) is 0.819. The smallest absolute Gasteiger partial charge is 0.177 e. The first-order valence-corrected chi connectivity index (χ1v) is 5.54. The fraction of sp³-hybridized carbons (Fsp3) is 0.154. The molecule has 1 heterocycles. The minimum atomic E-state index is -0.0325. The third-order valence-electron chi connectivity index (χ3n) is 2.16. The van der Waals surface area contributed by atoms with Crippen LogP contribution in [0.2, 0.25) is 5.02 Å². The highest BCUT2D eigenvalue weighted by atomic mass is 35.5. The number of hydrogen-bond donors (Lipinski definition) is 0. The van der Waals surface area contributed by atoms with Crippen LogP contribution in [0, 0.1) is 0 Å². The Hall–Kier alpha value is -1.74. The average molecular weight is 251 g/mol. The van der Waals surface area contributed by atoms with Crippen LogP contribution in [0.15, 0.2) is 47.1 Å². The van der Waals surface area contributed by atoms with Gasteiger partial charge in [-0.3, -0.25) is 4.79 Å². The van der Waals surface area contributed by atoms with Crippen LogP contribution >= 0.6 is 11.6 Å². The van der Waals surface area contributed by atoms with Crippen LogP contribution in [-0.2, 0) is 11.2 Å². The number of rotatable bonds is 5. The van der Waals surface area contributed by atoms with Crippen molar-refractivity contribution in [3.63, 3.8) is 0 Å². The van der Waals surface area contributed by atoms with Gasteiger partial charge in [0.15, 0.2) is 5.78 Å². The number of halogens is 1. The lowest BCUT2D eigenvalue weighted by Crippen LogP contribution is -2.13. The first-order chi connectivity index (χ1) is 8.24. The van der Waals surface area contributed by atoms with Gasteiger partial charge in [-0.2, -0.15) is 0 Å². The molecule has 0 amide bonds. The van der Waals surface area contributed by atoms with Crippen LogP contribution < -0.4 is 4.74 Å². The van der Waals surface area contributed by atoms with E-state index in [9.17, 15) is 4.79 Å². The lowest BCUT2D eigenvalue weighted by atomic mass is 10.2. The molecule has 4 heteroatoms. The molecule has 17 heavy (non-hydrogen) atoms. The van der Waals surface area contributed by atoms with Gasteiger partial charge in [0.2, 0.25) is 0 Å². The lowest BCUT2D eigenvalue weighted by molar-refractivity contribution is -0.120. The van der Waals surface area contributed by atoms with Gasteiger partial charge in [-0.15, -0.1) is 0 Å². The summed E-state index contributed by atoms with van der Waals surface area (Å²) in [5.41, 5.74) is 0. The Balaban J connectivity index is 1.82. The molecule has 0 bridgehead atoms. The molecule has 0 atom stereocenters. The Morgan fingerprint density at radius 3 is 2.65 bits per heavy atom. The summed E-state index contributed by atoms with van der Waals surface area (Å²) >= 11 is 5.73. The normalized spacial score (nSPS) is 10.2. The molecule has 88 valence electrons. The number of hydrogen-bond acceptors (Lipinski definition) is 3. The van der Waals surface area contributed by atoms with Crippen LogP contribution in [0.4, 0.5) is 0 Å². The monoisotopic (exact) mass is 250 g/mol. The zero-order valence-corrected chi connectivity index (χ0v) is 9.81. The summed E-state index contributed by atoms with van der Waals surface area (Å²) < 4.78 is 10.4. The topological polar surface area (TPSA) is 39.4 Å². The summed E-state index contributed by atoms with van der Waals surface area (Å²) in [6.45, 7) is 0.0301. The van der Waals surface area contributed by atoms with Gasteiger partial charge in [0.1, 0.15) is 18.1 Å². The zero-order valence-electron chi connectivity index (χ0n) is 9.06. The summed E-state index contributed by atoms with van der Waals surface area (Å²) in [5.74, 6) is 1.24. The van der Waals surface area contributed by atoms with Gasteiger partial charge < -0.3 is 9.15 Å². The first kappa shape index (κ1) is 11.7. The van der Waals surface area contributed by atoms with Crippen LogP contribution in [0.5, 0.6) is 5.75 Å². The van der Waals surface area contributed by atoms with Crippen molar-refractivity contribution in [3.05, 3.63) is 53.4 Å². The summed E-state index contributed by atoms with van der Waals surface area (Å²) in [7, 11) is 0. The van der Waals surface area contributed by atoms with Gasteiger partial charge in [-0.1, -0.05) is 11.6 Å². The predicted molar refractivity (Wildman–Crippen MR) is 64.4 cm³/mol. The van der Waals surface area contributed by atoms with Crippen molar-refractivity contribution in [1.29, 1.82) is 0 Å². The molecule has 0 N–H and O–H groups in total. The molecule has 0 radical (unpaired) electrons. The molecule has 2 rings (SSSR count). The minimum absolute atomic E-state index is 0.0301. The molecule has 1 aromatic carbocycles. The van der Waals surface area contributed by atoms with Crippen LogP contribution in [0.3, 0.4) is 0 Å². The average Bonchev–Trinajstić information content (AvgIpc) is 2.81. The highest BCUT2D eigenvalue weighted by Gasteiger charge is 2.06. The number of ketones is 1. The Morgan fingerprint density at radius 1 is 1.24 bits per heavy atom. The minimum Gasteiger partial charge on any atom is -0.486 e. The van der Waals surface area contributed by atoms with Crippen molar-refractivity contribution < 1.29 is 13.9 Å². The van der Waals surface area contributed by atoms with E-state index in [0.29, 0.717) is 16.5 Å². The van der Waals surface area contributed by atoms with E-state index in [2.05, 4.69) is 0 Å². The van der Waals surface area contributed by atoms with Gasteiger partial charge in [-0.05, 0) is 36.4 Å². The number of ether oxygens (including phenoxy) is 1. The van der Waals surface area contributed by atoms with E-state index in [4.69, 9.17) is 20.8 Å². The molecule has 0 unspecified atom stereocenters. The maximum atomic E-state index is 11.5. The van der Waals surface area contributed by atoms with Crippen molar-refractivity contribution >= 4 is 17.4 Å². The Bertz CT molecular complexity index is 474. The van der Waals surface area contributed by atoms with Crippen LogP contribution in [0.25, 0.3) is 0 Å². The highest BCUT2D eigenvalue weighted by Crippen LogP contribution is 2.15. The number of benzene rings is 1. The number of furan rings is 1. The molecule has 3 nitrogen and oxygen atoms in total. The molecule has 0 saturated carbocycles.